The molecule has 7 heteroatoms. The van der Waals surface area contributed by atoms with Gasteiger partial charge in [0.05, 0.1) is 24.6 Å². The fourth-order valence-electron chi connectivity index (χ4n) is 1.29. The molecule has 1 rings (SSSR count). The van der Waals surface area contributed by atoms with E-state index in [-0.39, 0.29) is 22.2 Å². The lowest BCUT2D eigenvalue weighted by atomic mass is 10.2. The van der Waals surface area contributed by atoms with E-state index >= 15 is 0 Å². The van der Waals surface area contributed by atoms with Gasteiger partial charge in [0.1, 0.15) is 11.4 Å². The number of nitrogens with zero attached hydrogens (tertiary/aromatic N) is 1. The first-order valence-corrected chi connectivity index (χ1v) is 5.84. The van der Waals surface area contributed by atoms with Gasteiger partial charge in [-0.15, -0.1) is 0 Å². The molecule has 0 aliphatic heterocycles. The van der Waals surface area contributed by atoms with E-state index in [0.717, 1.165) is 0 Å². The van der Waals surface area contributed by atoms with Crippen LogP contribution < -0.4 is 10.1 Å². The first-order valence-electron chi connectivity index (χ1n) is 5.46. The van der Waals surface area contributed by atoms with Gasteiger partial charge in [0.2, 0.25) is 0 Å². The third kappa shape index (κ3) is 4.10. The molecule has 0 aliphatic carbocycles. The minimum atomic E-state index is -0.729. The summed E-state index contributed by atoms with van der Waals surface area (Å²) in [7, 11) is 1.38. The maximum absolute atomic E-state index is 11.7. The highest BCUT2D eigenvalue weighted by molar-refractivity contribution is 6.33. The molecule has 0 fully saturated rings. The third-order valence-electron chi connectivity index (χ3n) is 2.00. The summed E-state index contributed by atoms with van der Waals surface area (Å²) in [4.78, 5) is 26.6. The molecule has 1 aromatic rings. The van der Waals surface area contributed by atoms with Crippen LogP contribution in [-0.4, -0.2) is 30.1 Å². The first kappa shape index (κ1) is 15.2. The van der Waals surface area contributed by atoms with Gasteiger partial charge >= 0.3 is 6.09 Å². The van der Waals surface area contributed by atoms with E-state index in [1.807, 2.05) is 0 Å². The Balaban J connectivity index is 3.06. The van der Waals surface area contributed by atoms with Crippen molar-refractivity contribution in [2.24, 2.45) is 0 Å². The Morgan fingerprint density at radius 3 is 2.58 bits per heavy atom. The molecule has 0 saturated heterocycles. The first-order chi connectivity index (χ1) is 8.78. The Morgan fingerprint density at radius 2 is 2.11 bits per heavy atom. The van der Waals surface area contributed by atoms with E-state index < -0.39 is 11.7 Å². The lowest BCUT2D eigenvalue weighted by Gasteiger charge is -2.20. The molecule has 0 atom stereocenters. The number of ether oxygens (including phenoxy) is 2. The van der Waals surface area contributed by atoms with E-state index in [0.29, 0.717) is 6.29 Å². The number of anilines is 1. The van der Waals surface area contributed by atoms with Crippen LogP contribution in [0.5, 0.6) is 5.75 Å². The second-order valence-corrected chi connectivity index (χ2v) is 5.01. The highest BCUT2D eigenvalue weighted by Gasteiger charge is 2.20. The summed E-state index contributed by atoms with van der Waals surface area (Å²) in [5.41, 5.74) is -0.497. The van der Waals surface area contributed by atoms with Crippen LogP contribution in [0.25, 0.3) is 0 Å². The molecule has 19 heavy (non-hydrogen) atoms. The van der Waals surface area contributed by atoms with Gasteiger partial charge in [0.15, 0.2) is 11.4 Å². The fourth-order valence-corrected chi connectivity index (χ4v) is 1.49. The van der Waals surface area contributed by atoms with Gasteiger partial charge < -0.3 is 9.47 Å². The van der Waals surface area contributed by atoms with Crippen molar-refractivity contribution >= 4 is 29.7 Å². The van der Waals surface area contributed by atoms with Crippen LogP contribution in [0.1, 0.15) is 31.1 Å². The fraction of sp³-hybridized carbons (Fsp3) is 0.417. The lowest BCUT2D eigenvalue weighted by Crippen LogP contribution is -2.27. The van der Waals surface area contributed by atoms with Gasteiger partial charge in [0, 0.05) is 0 Å². The number of amides is 1. The van der Waals surface area contributed by atoms with Crippen LogP contribution in [0.15, 0.2) is 6.20 Å². The number of rotatable bonds is 3. The number of pyridine rings is 1. The van der Waals surface area contributed by atoms with Crippen molar-refractivity contribution in [1.29, 1.82) is 0 Å². The summed E-state index contributed by atoms with van der Waals surface area (Å²) in [5, 5.41) is 2.37. The van der Waals surface area contributed by atoms with Crippen molar-refractivity contribution in [3.05, 3.63) is 16.9 Å². The summed E-state index contributed by atoms with van der Waals surface area (Å²) in [6.07, 6.45) is 1.10. The molecule has 6 nitrogen and oxygen atoms in total. The Labute approximate surface area is 116 Å². The zero-order valence-electron chi connectivity index (χ0n) is 11.1. The number of halogens is 1. The summed E-state index contributed by atoms with van der Waals surface area (Å²) in [6, 6.07) is 0. The smallest absolute Gasteiger partial charge is 0.412 e. The summed E-state index contributed by atoms with van der Waals surface area (Å²) in [6.45, 7) is 5.16. The van der Waals surface area contributed by atoms with Crippen LogP contribution in [0.2, 0.25) is 5.15 Å². The average molecular weight is 287 g/mol. The van der Waals surface area contributed by atoms with E-state index in [2.05, 4.69) is 10.3 Å². The zero-order chi connectivity index (χ0) is 14.6. The Bertz CT molecular complexity index is 497. The molecule has 1 N–H and O–H groups in total. The second-order valence-electron chi connectivity index (χ2n) is 4.65. The summed E-state index contributed by atoms with van der Waals surface area (Å²) >= 11 is 5.86. The maximum atomic E-state index is 11.7. The third-order valence-corrected chi connectivity index (χ3v) is 2.29. The molecule has 0 bridgehead atoms. The zero-order valence-corrected chi connectivity index (χ0v) is 11.9. The topological polar surface area (TPSA) is 77.5 Å². The molecule has 0 aliphatic rings. The Hall–Kier alpha value is -1.82. The number of hydrogen-bond acceptors (Lipinski definition) is 5. The van der Waals surface area contributed by atoms with Crippen molar-refractivity contribution < 1.29 is 19.1 Å². The van der Waals surface area contributed by atoms with E-state index in [1.165, 1.54) is 13.3 Å². The molecule has 0 aromatic carbocycles. The maximum Gasteiger partial charge on any atom is 0.412 e. The molecule has 0 spiro atoms. The summed E-state index contributed by atoms with van der Waals surface area (Å²) < 4.78 is 10.0. The van der Waals surface area contributed by atoms with Crippen LogP contribution in [-0.2, 0) is 4.74 Å². The predicted molar refractivity (Wildman–Crippen MR) is 71.0 cm³/mol. The van der Waals surface area contributed by atoms with Crippen molar-refractivity contribution in [2.45, 2.75) is 26.4 Å². The minimum absolute atomic E-state index is 0.0197. The van der Waals surface area contributed by atoms with Crippen molar-refractivity contribution in [3.63, 3.8) is 0 Å². The van der Waals surface area contributed by atoms with Crippen molar-refractivity contribution in [1.82, 2.24) is 4.98 Å². The van der Waals surface area contributed by atoms with Gasteiger partial charge in [-0.3, -0.25) is 10.1 Å². The predicted octanol–water partition coefficient (Wildman–Crippen LogP) is 2.90. The monoisotopic (exact) mass is 286 g/mol. The minimum Gasteiger partial charge on any atom is -0.494 e. The molecule has 0 radical (unpaired) electrons. The highest BCUT2D eigenvalue weighted by atomic mass is 35.5. The van der Waals surface area contributed by atoms with Crippen LogP contribution in [0.4, 0.5) is 10.5 Å². The standard InChI is InChI=1S/C12H15ClN2O4/c1-12(2,3)19-11(17)15-9-7(6-16)8(18-4)5-14-10(9)13/h5-6H,1-4H3,(H,15,17). The number of aldehydes is 1. The Morgan fingerprint density at radius 1 is 1.47 bits per heavy atom. The quantitative estimate of drug-likeness (QED) is 0.683. The number of carbonyl (C=O) groups excluding carboxylic acids is 2. The van der Waals surface area contributed by atoms with Crippen molar-refractivity contribution in [2.75, 3.05) is 12.4 Å². The van der Waals surface area contributed by atoms with Gasteiger partial charge in [-0.2, -0.15) is 0 Å². The van der Waals surface area contributed by atoms with Gasteiger partial charge in [-0.25, -0.2) is 9.78 Å². The number of carbonyl (C=O) groups is 2. The molecule has 0 unspecified atom stereocenters. The molecule has 104 valence electrons. The second kappa shape index (κ2) is 5.88. The van der Waals surface area contributed by atoms with E-state index in [9.17, 15) is 9.59 Å². The SMILES string of the molecule is COc1cnc(Cl)c(NC(=O)OC(C)(C)C)c1C=O. The van der Waals surface area contributed by atoms with Crippen molar-refractivity contribution in [3.8, 4) is 5.75 Å². The van der Waals surface area contributed by atoms with Crippen LogP contribution in [0.3, 0.4) is 0 Å². The van der Waals surface area contributed by atoms with Gasteiger partial charge in [-0.05, 0) is 20.8 Å². The largest absolute Gasteiger partial charge is 0.494 e. The molecule has 1 heterocycles. The van der Waals surface area contributed by atoms with E-state index in [1.54, 1.807) is 20.8 Å². The molecule has 1 aromatic heterocycles. The molecular weight excluding hydrogens is 272 g/mol. The molecule has 0 saturated carbocycles. The summed E-state index contributed by atoms with van der Waals surface area (Å²) in [5.74, 6) is 0.213. The van der Waals surface area contributed by atoms with Crippen LogP contribution in [0, 0.1) is 0 Å². The normalized spacial score (nSPS) is 10.8. The lowest BCUT2D eigenvalue weighted by molar-refractivity contribution is 0.0636. The average Bonchev–Trinajstić information content (AvgIpc) is 2.29. The highest BCUT2D eigenvalue weighted by Crippen LogP contribution is 2.30. The number of hydrogen-bond donors (Lipinski definition) is 1. The van der Waals surface area contributed by atoms with Gasteiger partial charge in [0.25, 0.3) is 0 Å². The number of nitrogens with one attached hydrogen (secondary N) is 1. The number of methoxy groups -OCH3 is 1. The number of aromatic nitrogens is 1. The molecular formula is C12H15ClN2O4. The molecule has 1 amide bonds. The van der Waals surface area contributed by atoms with Gasteiger partial charge in [-0.1, -0.05) is 11.6 Å². The van der Waals surface area contributed by atoms with E-state index in [4.69, 9.17) is 21.1 Å². The van der Waals surface area contributed by atoms with Crippen LogP contribution >= 0.6 is 11.6 Å². The Kier molecular flexibility index (Phi) is 4.72.